The van der Waals surface area contributed by atoms with Crippen molar-refractivity contribution < 1.29 is 13.5 Å². The minimum Gasteiger partial charge on any atom is -0.435 e. The van der Waals surface area contributed by atoms with Crippen molar-refractivity contribution in [1.29, 1.82) is 0 Å². The lowest BCUT2D eigenvalue weighted by Crippen LogP contribution is -2.25. The first-order valence-electron chi connectivity index (χ1n) is 6.69. The van der Waals surface area contributed by atoms with E-state index in [-0.39, 0.29) is 28.2 Å². The van der Waals surface area contributed by atoms with Crippen LogP contribution in [-0.4, -0.2) is 36.6 Å². The van der Waals surface area contributed by atoms with E-state index in [0.717, 1.165) is 4.68 Å². The molecule has 1 aromatic carbocycles. The first kappa shape index (κ1) is 17.2. The van der Waals surface area contributed by atoms with Crippen LogP contribution in [0.3, 0.4) is 0 Å². The highest BCUT2D eigenvalue weighted by molar-refractivity contribution is 6.41. The Bertz CT molecular complexity index is 944. The van der Waals surface area contributed by atoms with Crippen LogP contribution in [0, 0.1) is 0 Å². The van der Waals surface area contributed by atoms with E-state index >= 15 is 0 Å². The minimum atomic E-state index is -2.91. The molecule has 0 fully saturated rings. The van der Waals surface area contributed by atoms with Gasteiger partial charge in [-0.25, -0.2) is 4.68 Å². The summed E-state index contributed by atoms with van der Waals surface area (Å²) in [5.41, 5.74) is -0.112. The van der Waals surface area contributed by atoms with Gasteiger partial charge in [-0.1, -0.05) is 23.2 Å². The molecule has 0 aliphatic rings. The Morgan fingerprint density at radius 2 is 1.92 bits per heavy atom. The van der Waals surface area contributed by atoms with Crippen LogP contribution in [0.5, 0.6) is 5.75 Å². The minimum absolute atomic E-state index is 0.00394. The zero-order valence-electron chi connectivity index (χ0n) is 12.2. The standard InChI is InChI=1S/C13H8Cl2F2N6O2/c14-9-5-18-22(12(24)11(9)15)6-10-19-20-21-23(10)7-1-3-8(4-2-7)25-13(16)17/h1-5,13H,6H2. The second-order valence-corrected chi connectivity index (χ2v) is 5.43. The van der Waals surface area contributed by atoms with E-state index in [4.69, 9.17) is 23.2 Å². The molecule has 2 aromatic heterocycles. The van der Waals surface area contributed by atoms with Gasteiger partial charge < -0.3 is 4.74 Å². The van der Waals surface area contributed by atoms with E-state index in [1.165, 1.54) is 35.1 Å². The van der Waals surface area contributed by atoms with Crippen molar-refractivity contribution >= 4 is 23.2 Å². The molecule has 0 amide bonds. The van der Waals surface area contributed by atoms with Gasteiger partial charge in [-0.2, -0.15) is 18.6 Å². The molecule has 0 N–H and O–H groups in total. The predicted molar refractivity (Wildman–Crippen MR) is 83.4 cm³/mol. The second kappa shape index (κ2) is 7.11. The molecule has 3 aromatic rings. The topological polar surface area (TPSA) is 87.7 Å². The molecule has 0 spiro atoms. The fraction of sp³-hybridized carbons (Fsp3) is 0.154. The van der Waals surface area contributed by atoms with E-state index in [0.29, 0.717) is 5.69 Å². The predicted octanol–water partition coefficient (Wildman–Crippen LogP) is 2.18. The van der Waals surface area contributed by atoms with Gasteiger partial charge in [0, 0.05) is 0 Å². The number of nitrogens with zero attached hydrogens (tertiary/aromatic N) is 6. The van der Waals surface area contributed by atoms with Gasteiger partial charge in [0.15, 0.2) is 5.82 Å². The molecular weight excluding hydrogens is 381 g/mol. The number of tetrazole rings is 1. The van der Waals surface area contributed by atoms with Gasteiger partial charge >= 0.3 is 6.61 Å². The Morgan fingerprint density at radius 1 is 1.20 bits per heavy atom. The van der Waals surface area contributed by atoms with Crippen molar-refractivity contribution in [2.24, 2.45) is 0 Å². The third-order valence-corrected chi connectivity index (χ3v) is 3.82. The molecular formula is C13H8Cl2F2N6O2. The van der Waals surface area contributed by atoms with Crippen LogP contribution in [-0.2, 0) is 6.54 Å². The molecule has 3 rings (SSSR count). The van der Waals surface area contributed by atoms with E-state index in [1.54, 1.807) is 0 Å². The Kier molecular flexibility index (Phi) is 4.91. The number of hydrogen-bond acceptors (Lipinski definition) is 6. The van der Waals surface area contributed by atoms with Gasteiger partial charge in [0.1, 0.15) is 17.3 Å². The van der Waals surface area contributed by atoms with Crippen molar-refractivity contribution in [1.82, 2.24) is 30.0 Å². The van der Waals surface area contributed by atoms with Crippen LogP contribution < -0.4 is 10.3 Å². The van der Waals surface area contributed by atoms with Crippen LogP contribution >= 0.6 is 23.2 Å². The fourth-order valence-corrected chi connectivity index (χ4v) is 2.24. The monoisotopic (exact) mass is 388 g/mol. The Morgan fingerprint density at radius 3 is 2.60 bits per heavy atom. The van der Waals surface area contributed by atoms with E-state index in [1.807, 2.05) is 0 Å². The van der Waals surface area contributed by atoms with E-state index < -0.39 is 12.2 Å². The number of ether oxygens (including phenoxy) is 1. The number of aromatic nitrogens is 6. The molecule has 0 saturated carbocycles. The molecule has 0 radical (unpaired) electrons. The fourth-order valence-electron chi connectivity index (χ4n) is 1.97. The first-order valence-corrected chi connectivity index (χ1v) is 7.45. The lowest BCUT2D eigenvalue weighted by atomic mass is 10.3. The zero-order chi connectivity index (χ0) is 18.0. The van der Waals surface area contributed by atoms with Crippen molar-refractivity contribution in [2.75, 3.05) is 0 Å². The number of rotatable bonds is 5. The molecule has 0 saturated heterocycles. The normalized spacial score (nSPS) is 11.1. The van der Waals surface area contributed by atoms with Crippen LogP contribution in [0.25, 0.3) is 5.69 Å². The summed E-state index contributed by atoms with van der Waals surface area (Å²) in [5.74, 6) is 0.270. The summed E-state index contributed by atoms with van der Waals surface area (Å²) >= 11 is 11.5. The summed E-state index contributed by atoms with van der Waals surface area (Å²) in [6, 6.07) is 5.66. The molecule has 0 unspecified atom stereocenters. The summed E-state index contributed by atoms with van der Waals surface area (Å²) in [4.78, 5) is 12.0. The largest absolute Gasteiger partial charge is 0.435 e. The number of hydrogen-bond donors (Lipinski definition) is 0. The molecule has 0 aliphatic carbocycles. The SMILES string of the molecule is O=c1c(Cl)c(Cl)cnn1Cc1nnnn1-c1ccc(OC(F)F)cc1. The quantitative estimate of drug-likeness (QED) is 0.665. The molecule has 8 nitrogen and oxygen atoms in total. The summed E-state index contributed by atoms with van der Waals surface area (Å²) in [7, 11) is 0. The summed E-state index contributed by atoms with van der Waals surface area (Å²) < 4.78 is 31.0. The van der Waals surface area contributed by atoms with Gasteiger partial charge in [0.05, 0.1) is 16.9 Å². The lowest BCUT2D eigenvalue weighted by molar-refractivity contribution is -0.0498. The Hall–Kier alpha value is -2.59. The van der Waals surface area contributed by atoms with Gasteiger partial charge in [0.2, 0.25) is 0 Å². The highest BCUT2D eigenvalue weighted by atomic mass is 35.5. The van der Waals surface area contributed by atoms with Crippen LogP contribution in [0.1, 0.15) is 5.82 Å². The van der Waals surface area contributed by atoms with Gasteiger partial charge in [-0.3, -0.25) is 4.79 Å². The smallest absolute Gasteiger partial charge is 0.387 e. The maximum atomic E-state index is 12.2. The average Bonchev–Trinajstić information content (AvgIpc) is 3.04. The third-order valence-electron chi connectivity index (χ3n) is 3.07. The van der Waals surface area contributed by atoms with E-state index in [2.05, 4.69) is 25.4 Å². The van der Waals surface area contributed by atoms with Crippen LogP contribution in [0.4, 0.5) is 8.78 Å². The number of benzene rings is 1. The maximum Gasteiger partial charge on any atom is 0.387 e. The second-order valence-electron chi connectivity index (χ2n) is 4.65. The van der Waals surface area contributed by atoms with Gasteiger partial charge in [-0.05, 0) is 34.7 Å². The van der Waals surface area contributed by atoms with Crippen LogP contribution in [0.2, 0.25) is 10.0 Å². The maximum absolute atomic E-state index is 12.2. The van der Waals surface area contributed by atoms with Gasteiger partial charge in [-0.15, -0.1) is 5.10 Å². The molecule has 130 valence electrons. The first-order chi connectivity index (χ1) is 12.0. The van der Waals surface area contributed by atoms with Crippen molar-refractivity contribution in [2.45, 2.75) is 13.2 Å². The zero-order valence-corrected chi connectivity index (χ0v) is 13.7. The van der Waals surface area contributed by atoms with E-state index in [9.17, 15) is 13.6 Å². The lowest BCUT2D eigenvalue weighted by Gasteiger charge is -2.08. The molecule has 0 atom stereocenters. The van der Waals surface area contributed by atoms with Crippen molar-refractivity contribution in [3.63, 3.8) is 0 Å². The molecule has 12 heteroatoms. The van der Waals surface area contributed by atoms with Crippen molar-refractivity contribution in [3.05, 3.63) is 56.7 Å². The third kappa shape index (κ3) is 3.74. The summed E-state index contributed by atoms with van der Waals surface area (Å²) in [6.45, 7) is -2.99. The average molecular weight is 389 g/mol. The summed E-state index contributed by atoms with van der Waals surface area (Å²) in [5, 5.41) is 14.9. The highest BCUT2D eigenvalue weighted by Crippen LogP contribution is 2.18. The summed E-state index contributed by atoms with van der Waals surface area (Å²) in [6.07, 6.45) is 1.23. The van der Waals surface area contributed by atoms with Gasteiger partial charge in [0.25, 0.3) is 5.56 Å². The number of halogens is 4. The Balaban J connectivity index is 1.88. The number of alkyl halides is 2. The Labute approximate surface area is 148 Å². The van der Waals surface area contributed by atoms with Crippen molar-refractivity contribution in [3.8, 4) is 11.4 Å². The molecule has 2 heterocycles. The molecule has 0 aliphatic heterocycles. The highest BCUT2D eigenvalue weighted by Gasteiger charge is 2.14. The molecule has 0 bridgehead atoms. The molecule has 25 heavy (non-hydrogen) atoms. The van der Waals surface area contributed by atoms with Crippen LogP contribution in [0.15, 0.2) is 35.3 Å².